The average Bonchev–Trinajstić information content (AvgIpc) is 2.25. The lowest BCUT2D eigenvalue weighted by molar-refractivity contribution is -0.146. The highest BCUT2D eigenvalue weighted by atomic mass is 16.4. The summed E-state index contributed by atoms with van der Waals surface area (Å²) in [4.78, 5) is 15.5. The highest BCUT2D eigenvalue weighted by molar-refractivity contribution is 5.71. The first kappa shape index (κ1) is 13.8. The summed E-state index contributed by atoms with van der Waals surface area (Å²) in [6.45, 7) is 3.60. The minimum absolute atomic E-state index is 0.0826. The van der Waals surface area contributed by atoms with Crippen molar-refractivity contribution in [2.24, 2.45) is 11.8 Å². The first-order chi connectivity index (χ1) is 8.56. The monoisotopic (exact) mass is 254 g/mol. The fourth-order valence-corrected chi connectivity index (χ4v) is 3.07. The lowest BCUT2D eigenvalue weighted by atomic mass is 9.79. The van der Waals surface area contributed by atoms with Crippen LogP contribution in [0.2, 0.25) is 0 Å². The van der Waals surface area contributed by atoms with Gasteiger partial charge in [0.2, 0.25) is 0 Å². The molecule has 2 aliphatic rings. The van der Waals surface area contributed by atoms with E-state index in [0.29, 0.717) is 6.04 Å². The summed E-state index contributed by atoms with van der Waals surface area (Å²) < 4.78 is 0. The second-order valence-corrected chi connectivity index (χ2v) is 6.18. The number of carbonyl (C=O) groups is 1. The molecule has 0 aromatic carbocycles. The van der Waals surface area contributed by atoms with Crippen LogP contribution in [0, 0.1) is 11.8 Å². The first-order valence-corrected chi connectivity index (χ1v) is 7.18. The summed E-state index contributed by atoms with van der Waals surface area (Å²) in [5.74, 6) is 0.176. The van der Waals surface area contributed by atoms with Gasteiger partial charge < -0.3 is 14.9 Å². The van der Waals surface area contributed by atoms with E-state index in [4.69, 9.17) is 5.11 Å². The molecule has 1 saturated carbocycles. The maximum Gasteiger partial charge on any atom is 0.306 e. The van der Waals surface area contributed by atoms with Crippen LogP contribution in [0.15, 0.2) is 0 Å². The Morgan fingerprint density at radius 2 is 1.94 bits per heavy atom. The molecule has 0 amide bonds. The summed E-state index contributed by atoms with van der Waals surface area (Å²) in [5, 5.41) is 8.87. The van der Waals surface area contributed by atoms with Crippen LogP contribution in [-0.2, 0) is 4.79 Å². The number of piperidine rings is 1. The van der Waals surface area contributed by atoms with E-state index >= 15 is 0 Å². The Bertz CT molecular complexity index is 282. The van der Waals surface area contributed by atoms with Gasteiger partial charge in [-0.1, -0.05) is 0 Å². The molecule has 1 aliphatic carbocycles. The summed E-state index contributed by atoms with van der Waals surface area (Å²) in [7, 11) is 4.35. The number of carboxylic acids is 1. The highest BCUT2D eigenvalue weighted by Crippen LogP contribution is 2.31. The van der Waals surface area contributed by atoms with Crippen molar-refractivity contribution in [3.8, 4) is 0 Å². The normalized spacial score (nSPS) is 30.4. The minimum atomic E-state index is -0.616. The van der Waals surface area contributed by atoms with Gasteiger partial charge in [-0.3, -0.25) is 4.79 Å². The first-order valence-electron chi connectivity index (χ1n) is 7.18. The van der Waals surface area contributed by atoms with Crippen molar-refractivity contribution in [1.82, 2.24) is 9.80 Å². The van der Waals surface area contributed by atoms with E-state index in [9.17, 15) is 4.79 Å². The van der Waals surface area contributed by atoms with E-state index in [-0.39, 0.29) is 5.92 Å². The topological polar surface area (TPSA) is 43.8 Å². The van der Waals surface area contributed by atoms with Crippen LogP contribution in [-0.4, -0.2) is 60.6 Å². The summed E-state index contributed by atoms with van der Waals surface area (Å²) >= 11 is 0. The molecule has 1 aliphatic heterocycles. The Balaban J connectivity index is 1.61. The molecule has 0 bridgehead atoms. The lowest BCUT2D eigenvalue weighted by Crippen LogP contribution is -2.46. The van der Waals surface area contributed by atoms with Crippen molar-refractivity contribution >= 4 is 5.97 Å². The molecule has 4 heteroatoms. The van der Waals surface area contributed by atoms with Gasteiger partial charge in [0.1, 0.15) is 0 Å². The second-order valence-electron chi connectivity index (χ2n) is 6.18. The predicted octanol–water partition coefficient (Wildman–Crippen LogP) is 1.51. The summed E-state index contributed by atoms with van der Waals surface area (Å²) in [6, 6.07) is 0.511. The number of likely N-dealkylation sites (tertiary alicyclic amines) is 1. The standard InChI is InChI=1S/C14H26N2O2/c1-15-6-3-11(4-7-15)5-8-16(2)13-9-12(10-13)14(17)18/h11-13H,3-10H2,1-2H3,(H,17,18). The van der Waals surface area contributed by atoms with Crippen LogP contribution < -0.4 is 0 Å². The smallest absolute Gasteiger partial charge is 0.306 e. The quantitative estimate of drug-likeness (QED) is 0.808. The fourth-order valence-electron chi connectivity index (χ4n) is 3.07. The van der Waals surface area contributed by atoms with E-state index in [1.54, 1.807) is 0 Å². The predicted molar refractivity (Wildman–Crippen MR) is 71.6 cm³/mol. The minimum Gasteiger partial charge on any atom is -0.481 e. The molecule has 0 aromatic heterocycles. The van der Waals surface area contributed by atoms with E-state index in [2.05, 4.69) is 23.9 Å². The van der Waals surface area contributed by atoms with Gasteiger partial charge in [-0.2, -0.15) is 0 Å². The molecular weight excluding hydrogens is 228 g/mol. The molecule has 0 spiro atoms. The zero-order chi connectivity index (χ0) is 13.1. The maximum absolute atomic E-state index is 10.8. The second kappa shape index (κ2) is 6.02. The molecule has 1 heterocycles. The van der Waals surface area contributed by atoms with E-state index < -0.39 is 5.97 Å². The number of aliphatic carboxylic acids is 1. The number of hydrogen-bond acceptors (Lipinski definition) is 3. The lowest BCUT2D eigenvalue weighted by Gasteiger charge is -2.40. The van der Waals surface area contributed by atoms with Crippen molar-refractivity contribution < 1.29 is 9.90 Å². The number of carboxylic acid groups (broad SMARTS) is 1. The van der Waals surface area contributed by atoms with E-state index in [1.165, 1.54) is 32.4 Å². The van der Waals surface area contributed by atoms with Gasteiger partial charge in [0, 0.05) is 6.04 Å². The van der Waals surface area contributed by atoms with Crippen LogP contribution in [0.4, 0.5) is 0 Å². The van der Waals surface area contributed by atoms with Crippen LogP contribution in [0.5, 0.6) is 0 Å². The molecule has 1 N–H and O–H groups in total. The number of nitrogens with zero attached hydrogens (tertiary/aromatic N) is 2. The van der Waals surface area contributed by atoms with Gasteiger partial charge in [-0.25, -0.2) is 0 Å². The highest BCUT2D eigenvalue weighted by Gasteiger charge is 2.36. The van der Waals surface area contributed by atoms with Gasteiger partial charge >= 0.3 is 5.97 Å². The molecule has 1 saturated heterocycles. The van der Waals surface area contributed by atoms with Crippen LogP contribution in [0.1, 0.15) is 32.1 Å². The van der Waals surface area contributed by atoms with Crippen molar-refractivity contribution in [3.63, 3.8) is 0 Å². The molecule has 2 rings (SSSR count). The SMILES string of the molecule is CN1CCC(CCN(C)C2CC(C(=O)O)C2)CC1. The molecule has 0 unspecified atom stereocenters. The zero-order valence-corrected chi connectivity index (χ0v) is 11.6. The zero-order valence-electron chi connectivity index (χ0n) is 11.6. The third-order valence-corrected chi connectivity index (χ3v) is 4.81. The van der Waals surface area contributed by atoms with E-state index in [1.807, 2.05) is 0 Å². The molecular formula is C14H26N2O2. The molecule has 0 aromatic rings. The van der Waals surface area contributed by atoms with Crippen LogP contribution >= 0.6 is 0 Å². The number of hydrogen-bond donors (Lipinski definition) is 1. The summed E-state index contributed by atoms with van der Waals surface area (Å²) in [6.07, 6.45) is 5.62. The van der Waals surface area contributed by atoms with Crippen LogP contribution in [0.25, 0.3) is 0 Å². The Morgan fingerprint density at radius 3 is 2.50 bits per heavy atom. The molecule has 0 atom stereocenters. The third-order valence-electron chi connectivity index (χ3n) is 4.81. The van der Waals surface area contributed by atoms with Crippen molar-refractivity contribution in [2.45, 2.75) is 38.1 Å². The third kappa shape index (κ3) is 3.45. The Kier molecular flexibility index (Phi) is 4.62. The largest absolute Gasteiger partial charge is 0.481 e. The molecule has 4 nitrogen and oxygen atoms in total. The Morgan fingerprint density at radius 1 is 1.33 bits per heavy atom. The van der Waals surface area contributed by atoms with Crippen molar-refractivity contribution in [1.29, 1.82) is 0 Å². The Hall–Kier alpha value is -0.610. The van der Waals surface area contributed by atoms with Crippen LogP contribution in [0.3, 0.4) is 0 Å². The molecule has 104 valence electrons. The maximum atomic E-state index is 10.8. The fraction of sp³-hybridized carbons (Fsp3) is 0.929. The molecule has 2 fully saturated rings. The van der Waals surface area contributed by atoms with Crippen molar-refractivity contribution in [3.05, 3.63) is 0 Å². The number of rotatable bonds is 5. The van der Waals surface area contributed by atoms with Gasteiger partial charge in [0.25, 0.3) is 0 Å². The van der Waals surface area contributed by atoms with Gasteiger partial charge in [-0.05, 0) is 71.8 Å². The van der Waals surface area contributed by atoms with Crippen molar-refractivity contribution in [2.75, 3.05) is 33.7 Å². The molecule has 18 heavy (non-hydrogen) atoms. The van der Waals surface area contributed by atoms with Gasteiger partial charge in [-0.15, -0.1) is 0 Å². The summed E-state index contributed by atoms with van der Waals surface area (Å²) in [5.41, 5.74) is 0. The van der Waals surface area contributed by atoms with Gasteiger partial charge in [0.15, 0.2) is 0 Å². The van der Waals surface area contributed by atoms with E-state index in [0.717, 1.165) is 25.3 Å². The molecule has 0 radical (unpaired) electrons. The Labute approximate surface area is 110 Å². The average molecular weight is 254 g/mol. The van der Waals surface area contributed by atoms with Gasteiger partial charge in [0.05, 0.1) is 5.92 Å².